The van der Waals surface area contributed by atoms with Crippen LogP contribution in [0.2, 0.25) is 4.34 Å². The second-order valence-electron chi connectivity index (χ2n) is 2.28. The van der Waals surface area contributed by atoms with Crippen molar-refractivity contribution in [3.05, 3.63) is 16.5 Å². The lowest BCUT2D eigenvalue weighted by molar-refractivity contribution is 0.169. The molecule has 0 aliphatic carbocycles. The number of amides is 1. The molecule has 0 aromatic carbocycles. The number of hydrogen-bond acceptors (Lipinski definition) is 5. The number of rotatable bonds is 3. The van der Waals surface area contributed by atoms with E-state index in [1.54, 1.807) is 0 Å². The monoisotopic (exact) mass is 270 g/mol. The van der Waals surface area contributed by atoms with Crippen molar-refractivity contribution in [1.29, 1.82) is 0 Å². The van der Waals surface area contributed by atoms with Gasteiger partial charge in [-0.1, -0.05) is 11.6 Å². The number of hydrazine groups is 1. The zero-order valence-electron chi connectivity index (χ0n) is 7.48. The quantitative estimate of drug-likeness (QED) is 0.801. The maximum absolute atomic E-state index is 11.4. The molecule has 0 aliphatic heterocycles. The highest BCUT2D eigenvalue weighted by Crippen LogP contribution is 2.24. The van der Waals surface area contributed by atoms with Crippen molar-refractivity contribution in [3.63, 3.8) is 0 Å². The molecule has 1 aromatic rings. The Kier molecular flexibility index (Phi) is 3.91. The summed E-state index contributed by atoms with van der Waals surface area (Å²) in [5, 5.41) is 0. The molecular weight excluding hydrogens is 264 g/mol. The van der Waals surface area contributed by atoms with E-state index in [2.05, 4.69) is 4.74 Å². The van der Waals surface area contributed by atoms with E-state index in [1.807, 2.05) is 10.3 Å². The van der Waals surface area contributed by atoms with Gasteiger partial charge in [0.25, 0.3) is 10.0 Å². The van der Waals surface area contributed by atoms with Crippen LogP contribution in [0.3, 0.4) is 0 Å². The van der Waals surface area contributed by atoms with Crippen LogP contribution < -0.4 is 10.3 Å². The number of carbonyl (C=O) groups is 1. The minimum absolute atomic E-state index is 0.00361. The molecule has 1 rings (SSSR count). The fraction of sp³-hybridized carbons (Fsp3) is 0.167. The molecule has 15 heavy (non-hydrogen) atoms. The second kappa shape index (κ2) is 4.79. The average Bonchev–Trinajstić information content (AvgIpc) is 2.62. The van der Waals surface area contributed by atoms with E-state index in [9.17, 15) is 13.2 Å². The Balaban J connectivity index is 2.72. The number of halogens is 1. The smallest absolute Gasteiger partial charge is 0.422 e. The molecule has 1 amide bonds. The summed E-state index contributed by atoms with van der Waals surface area (Å²) in [6.07, 6.45) is -0.902. The lowest BCUT2D eigenvalue weighted by atomic mass is 10.7. The van der Waals surface area contributed by atoms with E-state index >= 15 is 0 Å². The number of hydrogen-bond donors (Lipinski definition) is 2. The summed E-state index contributed by atoms with van der Waals surface area (Å²) in [5.74, 6) is 0. The zero-order chi connectivity index (χ0) is 11.5. The third kappa shape index (κ3) is 3.34. The van der Waals surface area contributed by atoms with Crippen LogP contribution >= 0.6 is 22.9 Å². The Labute approximate surface area is 95.2 Å². The van der Waals surface area contributed by atoms with E-state index in [0.29, 0.717) is 4.34 Å². The van der Waals surface area contributed by atoms with E-state index in [0.717, 1.165) is 18.4 Å². The van der Waals surface area contributed by atoms with Gasteiger partial charge in [-0.15, -0.1) is 16.2 Å². The fourth-order valence-electron chi connectivity index (χ4n) is 0.652. The molecule has 1 heterocycles. The third-order valence-electron chi connectivity index (χ3n) is 1.29. The number of thiophene rings is 1. The summed E-state index contributed by atoms with van der Waals surface area (Å²) in [5.41, 5.74) is 1.84. The zero-order valence-corrected chi connectivity index (χ0v) is 9.87. The molecule has 0 atom stereocenters. The molecular formula is C6H7ClN2O4S2. The molecule has 0 aliphatic rings. The van der Waals surface area contributed by atoms with Gasteiger partial charge in [-0.25, -0.2) is 18.6 Å². The van der Waals surface area contributed by atoms with Crippen molar-refractivity contribution < 1.29 is 17.9 Å². The normalized spacial score (nSPS) is 11.1. The Bertz CT molecular complexity index is 455. The van der Waals surface area contributed by atoms with Crippen LogP contribution in [0.25, 0.3) is 0 Å². The summed E-state index contributed by atoms with van der Waals surface area (Å²) in [7, 11) is -2.66. The molecule has 0 unspecified atom stereocenters. The molecule has 0 spiro atoms. The number of sulfonamides is 1. The van der Waals surface area contributed by atoms with Crippen LogP contribution in [0, 0.1) is 0 Å². The SMILES string of the molecule is COC(=O)NNS(=O)(=O)c1ccc(Cl)s1. The van der Waals surface area contributed by atoms with Gasteiger partial charge in [0.1, 0.15) is 4.21 Å². The molecule has 2 N–H and O–H groups in total. The first-order chi connectivity index (χ1) is 6.95. The van der Waals surface area contributed by atoms with Crippen LogP contribution in [0.15, 0.2) is 16.3 Å². The molecule has 6 nitrogen and oxygen atoms in total. The Hall–Kier alpha value is -0.830. The summed E-state index contributed by atoms with van der Waals surface area (Å²) in [4.78, 5) is 12.5. The minimum atomic E-state index is -3.77. The van der Waals surface area contributed by atoms with Crippen molar-refractivity contribution >= 4 is 39.1 Å². The summed E-state index contributed by atoms with van der Waals surface area (Å²) in [6.45, 7) is 0. The van der Waals surface area contributed by atoms with Crippen molar-refractivity contribution in [2.75, 3.05) is 7.11 Å². The molecule has 0 fully saturated rings. The maximum Gasteiger partial charge on any atom is 0.422 e. The van der Waals surface area contributed by atoms with Gasteiger partial charge in [0.05, 0.1) is 11.4 Å². The average molecular weight is 271 g/mol. The summed E-state index contributed by atoms with van der Waals surface area (Å²) >= 11 is 6.45. The molecule has 1 aromatic heterocycles. The number of nitrogens with one attached hydrogen (secondary N) is 2. The van der Waals surface area contributed by atoms with Crippen molar-refractivity contribution in [1.82, 2.24) is 10.3 Å². The van der Waals surface area contributed by atoms with Gasteiger partial charge in [-0.2, -0.15) is 0 Å². The summed E-state index contributed by atoms with van der Waals surface area (Å²) in [6, 6.07) is 2.77. The third-order valence-corrected chi connectivity index (χ3v) is 4.26. The first kappa shape index (κ1) is 12.2. The first-order valence-corrected chi connectivity index (χ1v) is 6.24. The highest BCUT2D eigenvalue weighted by molar-refractivity contribution is 7.91. The van der Waals surface area contributed by atoms with Gasteiger partial charge in [-0.3, -0.25) is 0 Å². The van der Waals surface area contributed by atoms with Gasteiger partial charge in [-0.05, 0) is 12.1 Å². The molecule has 9 heteroatoms. The van der Waals surface area contributed by atoms with Crippen LogP contribution in [0.5, 0.6) is 0 Å². The number of carbonyl (C=O) groups excluding carboxylic acids is 1. The van der Waals surface area contributed by atoms with Gasteiger partial charge in [0.15, 0.2) is 0 Å². The number of ether oxygens (including phenoxy) is 1. The van der Waals surface area contributed by atoms with E-state index in [1.165, 1.54) is 12.1 Å². The minimum Gasteiger partial charge on any atom is -0.452 e. The van der Waals surface area contributed by atoms with Crippen molar-refractivity contribution in [3.8, 4) is 0 Å². The fourth-order valence-corrected chi connectivity index (χ4v) is 2.96. The molecule has 0 saturated carbocycles. The van der Waals surface area contributed by atoms with E-state index in [-0.39, 0.29) is 4.21 Å². The highest BCUT2D eigenvalue weighted by atomic mass is 35.5. The van der Waals surface area contributed by atoms with Crippen LogP contribution in [0.1, 0.15) is 0 Å². The molecule has 0 bridgehead atoms. The largest absolute Gasteiger partial charge is 0.452 e. The lowest BCUT2D eigenvalue weighted by Gasteiger charge is -2.04. The summed E-state index contributed by atoms with van der Waals surface area (Å²) < 4.78 is 27.4. The van der Waals surface area contributed by atoms with Crippen molar-refractivity contribution in [2.45, 2.75) is 4.21 Å². The van der Waals surface area contributed by atoms with Gasteiger partial charge in [0.2, 0.25) is 0 Å². The molecule has 84 valence electrons. The topological polar surface area (TPSA) is 84.5 Å². The maximum atomic E-state index is 11.4. The van der Waals surface area contributed by atoms with Gasteiger partial charge < -0.3 is 4.74 Å². The van der Waals surface area contributed by atoms with Crippen LogP contribution in [0.4, 0.5) is 4.79 Å². The standard InChI is InChI=1S/C6H7ClN2O4S2/c1-13-6(10)8-9-15(11,12)5-3-2-4(7)14-5/h2-3,9H,1H3,(H,8,10). The predicted octanol–water partition coefficient (Wildman–Crippen LogP) is 0.951. The van der Waals surface area contributed by atoms with E-state index in [4.69, 9.17) is 11.6 Å². The molecule has 0 radical (unpaired) electrons. The lowest BCUT2D eigenvalue weighted by Crippen LogP contribution is -2.41. The molecule has 0 saturated heterocycles. The van der Waals surface area contributed by atoms with Gasteiger partial charge in [0, 0.05) is 0 Å². The Morgan fingerprint density at radius 3 is 2.67 bits per heavy atom. The Morgan fingerprint density at radius 1 is 1.53 bits per heavy atom. The van der Waals surface area contributed by atoms with Gasteiger partial charge >= 0.3 is 6.09 Å². The Morgan fingerprint density at radius 2 is 2.20 bits per heavy atom. The van der Waals surface area contributed by atoms with Crippen LogP contribution in [-0.4, -0.2) is 21.6 Å². The van der Waals surface area contributed by atoms with Crippen molar-refractivity contribution in [2.24, 2.45) is 0 Å². The predicted molar refractivity (Wildman–Crippen MR) is 55.2 cm³/mol. The number of methoxy groups -OCH3 is 1. The highest BCUT2D eigenvalue weighted by Gasteiger charge is 2.17. The van der Waals surface area contributed by atoms with Crippen LogP contribution in [-0.2, 0) is 14.8 Å². The second-order valence-corrected chi connectivity index (χ2v) is 5.90. The van der Waals surface area contributed by atoms with E-state index < -0.39 is 16.1 Å². The first-order valence-electron chi connectivity index (χ1n) is 3.57.